The number of aliphatic hydroxyl groups is 1. The van der Waals surface area contributed by atoms with Crippen LogP contribution in [0.25, 0.3) is 0 Å². The van der Waals surface area contributed by atoms with Crippen molar-refractivity contribution in [2.45, 2.75) is 12.6 Å². The van der Waals surface area contributed by atoms with Crippen LogP contribution in [0.15, 0.2) is 36.4 Å². The van der Waals surface area contributed by atoms with Crippen LogP contribution in [0.2, 0.25) is 0 Å². The maximum Gasteiger partial charge on any atom is 0.356 e. The van der Waals surface area contributed by atoms with Crippen LogP contribution in [0.4, 0.5) is 5.69 Å². The molecule has 0 aliphatic carbocycles. The highest BCUT2D eigenvalue weighted by Crippen LogP contribution is 2.39. The lowest BCUT2D eigenvalue weighted by Gasteiger charge is -2.14. The van der Waals surface area contributed by atoms with E-state index in [4.69, 9.17) is 14.2 Å². The molecule has 0 saturated carbocycles. The smallest absolute Gasteiger partial charge is 0.356 e. The molecule has 0 aliphatic heterocycles. The first-order valence-electron chi connectivity index (χ1n) is 9.18. The van der Waals surface area contributed by atoms with Gasteiger partial charge in [-0.1, -0.05) is 17.3 Å². The SMILES string of the molecule is COc1ccc(Cn2nnc(C(O)c3cc(OC)c(OC)cc3[N+](=O)[O-])c2C(=O)O)cc1. The van der Waals surface area contributed by atoms with Crippen molar-refractivity contribution >= 4 is 11.7 Å². The molecule has 2 N–H and O–H groups in total. The zero-order chi connectivity index (χ0) is 23.4. The molecule has 1 aromatic heterocycles. The van der Waals surface area contributed by atoms with Gasteiger partial charge < -0.3 is 24.4 Å². The first kappa shape index (κ1) is 22.5. The second-order valence-electron chi connectivity index (χ2n) is 6.56. The van der Waals surface area contributed by atoms with Crippen LogP contribution < -0.4 is 14.2 Å². The van der Waals surface area contributed by atoms with Gasteiger partial charge in [-0.15, -0.1) is 5.10 Å². The fourth-order valence-corrected chi connectivity index (χ4v) is 3.15. The molecule has 32 heavy (non-hydrogen) atoms. The third-order valence-corrected chi connectivity index (χ3v) is 4.74. The molecule has 0 bridgehead atoms. The molecule has 0 saturated heterocycles. The van der Waals surface area contributed by atoms with E-state index in [9.17, 15) is 25.1 Å². The van der Waals surface area contributed by atoms with Crippen LogP contribution in [-0.4, -0.2) is 57.4 Å². The summed E-state index contributed by atoms with van der Waals surface area (Å²) in [6.07, 6.45) is -1.76. The van der Waals surface area contributed by atoms with Crippen molar-refractivity contribution in [3.8, 4) is 17.2 Å². The molecule has 1 unspecified atom stereocenters. The first-order chi connectivity index (χ1) is 15.3. The van der Waals surface area contributed by atoms with Crippen LogP contribution in [0.3, 0.4) is 0 Å². The predicted octanol–water partition coefficient (Wildman–Crippen LogP) is 2.04. The number of aromatic nitrogens is 3. The molecule has 0 fully saturated rings. The topological polar surface area (TPSA) is 159 Å². The summed E-state index contributed by atoms with van der Waals surface area (Å²) in [6.45, 7) is 0.0410. The number of rotatable bonds is 9. The molecule has 12 heteroatoms. The molecule has 3 aromatic rings. The molecule has 0 amide bonds. The third-order valence-electron chi connectivity index (χ3n) is 4.74. The fourth-order valence-electron chi connectivity index (χ4n) is 3.15. The van der Waals surface area contributed by atoms with Crippen LogP contribution in [-0.2, 0) is 6.54 Å². The Morgan fingerprint density at radius 1 is 1.12 bits per heavy atom. The van der Waals surface area contributed by atoms with Gasteiger partial charge in [-0.25, -0.2) is 9.48 Å². The molecule has 2 aromatic carbocycles. The van der Waals surface area contributed by atoms with E-state index in [-0.39, 0.29) is 29.3 Å². The van der Waals surface area contributed by atoms with Gasteiger partial charge in [0.25, 0.3) is 5.69 Å². The zero-order valence-corrected chi connectivity index (χ0v) is 17.4. The van der Waals surface area contributed by atoms with Crippen molar-refractivity contribution in [3.63, 3.8) is 0 Å². The van der Waals surface area contributed by atoms with E-state index in [2.05, 4.69) is 10.3 Å². The van der Waals surface area contributed by atoms with Gasteiger partial charge in [0.2, 0.25) is 0 Å². The van der Waals surface area contributed by atoms with Gasteiger partial charge in [0.15, 0.2) is 17.2 Å². The van der Waals surface area contributed by atoms with Gasteiger partial charge in [-0.2, -0.15) is 0 Å². The minimum Gasteiger partial charge on any atom is -0.497 e. The highest BCUT2D eigenvalue weighted by Gasteiger charge is 2.32. The van der Waals surface area contributed by atoms with E-state index in [1.165, 1.54) is 27.4 Å². The van der Waals surface area contributed by atoms with Crippen molar-refractivity contribution in [3.05, 3.63) is 69.0 Å². The monoisotopic (exact) mass is 444 g/mol. The fraction of sp³-hybridized carbons (Fsp3) is 0.250. The summed E-state index contributed by atoms with van der Waals surface area (Å²) in [5.41, 5.74) is -0.752. The lowest BCUT2D eigenvalue weighted by Crippen LogP contribution is -2.15. The van der Waals surface area contributed by atoms with E-state index < -0.39 is 28.4 Å². The van der Waals surface area contributed by atoms with Gasteiger partial charge >= 0.3 is 5.97 Å². The van der Waals surface area contributed by atoms with E-state index in [0.29, 0.717) is 11.3 Å². The number of hydrogen-bond donors (Lipinski definition) is 2. The second kappa shape index (κ2) is 9.31. The number of nitro benzene ring substituents is 1. The van der Waals surface area contributed by atoms with Crippen LogP contribution >= 0.6 is 0 Å². The Morgan fingerprint density at radius 2 is 1.75 bits per heavy atom. The highest BCUT2D eigenvalue weighted by atomic mass is 16.6. The first-order valence-corrected chi connectivity index (χ1v) is 9.18. The van der Waals surface area contributed by atoms with Crippen LogP contribution in [0.5, 0.6) is 17.2 Å². The number of nitrogens with zero attached hydrogens (tertiary/aromatic N) is 4. The largest absolute Gasteiger partial charge is 0.497 e. The van der Waals surface area contributed by atoms with Gasteiger partial charge in [0, 0.05) is 0 Å². The number of methoxy groups -OCH3 is 3. The van der Waals surface area contributed by atoms with Gasteiger partial charge in [0.1, 0.15) is 17.5 Å². The summed E-state index contributed by atoms with van der Waals surface area (Å²) in [6, 6.07) is 9.14. The maximum atomic E-state index is 12.0. The number of aromatic carboxylic acids is 1. The van der Waals surface area contributed by atoms with E-state index in [1.807, 2.05) is 0 Å². The summed E-state index contributed by atoms with van der Waals surface area (Å²) in [5.74, 6) is -0.574. The van der Waals surface area contributed by atoms with Gasteiger partial charge in [-0.3, -0.25) is 10.1 Å². The minimum absolute atomic E-state index is 0.0410. The Hall–Kier alpha value is -4.19. The third kappa shape index (κ3) is 4.30. The van der Waals surface area contributed by atoms with Crippen molar-refractivity contribution < 1.29 is 34.1 Å². The molecule has 168 valence electrons. The molecule has 0 aliphatic rings. The predicted molar refractivity (Wildman–Crippen MR) is 109 cm³/mol. The van der Waals surface area contributed by atoms with E-state index >= 15 is 0 Å². The van der Waals surface area contributed by atoms with Crippen molar-refractivity contribution in [1.29, 1.82) is 0 Å². The quantitative estimate of drug-likeness (QED) is 0.369. The molecule has 12 nitrogen and oxygen atoms in total. The van der Waals surface area contributed by atoms with Crippen molar-refractivity contribution in [2.75, 3.05) is 21.3 Å². The van der Waals surface area contributed by atoms with Gasteiger partial charge in [-0.05, 0) is 23.8 Å². The molecule has 0 radical (unpaired) electrons. The lowest BCUT2D eigenvalue weighted by molar-refractivity contribution is -0.386. The number of benzene rings is 2. The maximum absolute atomic E-state index is 12.0. The van der Waals surface area contributed by atoms with Crippen molar-refractivity contribution in [1.82, 2.24) is 15.0 Å². The molecule has 1 heterocycles. The molecular formula is C20H20N4O8. The van der Waals surface area contributed by atoms with Gasteiger partial charge in [0.05, 0.1) is 44.4 Å². The Kier molecular flexibility index (Phi) is 6.54. The standard InChI is InChI=1S/C20H20N4O8/c1-30-12-6-4-11(5-7-12)10-23-18(20(26)27)17(21-22-23)19(25)13-8-15(31-2)16(32-3)9-14(13)24(28)29/h4-9,19,25H,10H2,1-3H3,(H,26,27). The number of carboxylic acid groups (broad SMARTS) is 1. The zero-order valence-electron chi connectivity index (χ0n) is 17.4. The molecule has 1 atom stereocenters. The number of carboxylic acids is 1. The lowest BCUT2D eigenvalue weighted by atomic mass is 10.0. The normalized spacial score (nSPS) is 11.6. The number of carbonyl (C=O) groups is 1. The minimum atomic E-state index is -1.76. The summed E-state index contributed by atoms with van der Waals surface area (Å²) in [5, 5.41) is 39.8. The van der Waals surface area contributed by atoms with Crippen molar-refractivity contribution in [2.24, 2.45) is 0 Å². The van der Waals surface area contributed by atoms with E-state index in [0.717, 1.165) is 10.7 Å². The number of ether oxygens (including phenoxy) is 3. The van der Waals surface area contributed by atoms with E-state index in [1.54, 1.807) is 24.3 Å². The summed E-state index contributed by atoms with van der Waals surface area (Å²) >= 11 is 0. The van der Waals surface area contributed by atoms with Crippen LogP contribution in [0, 0.1) is 10.1 Å². The molecule has 0 spiro atoms. The Bertz CT molecular complexity index is 1140. The summed E-state index contributed by atoms with van der Waals surface area (Å²) in [4.78, 5) is 22.8. The molecular weight excluding hydrogens is 424 g/mol. The summed E-state index contributed by atoms with van der Waals surface area (Å²) in [7, 11) is 4.16. The number of aliphatic hydroxyl groups excluding tert-OH is 1. The highest BCUT2D eigenvalue weighted by molar-refractivity contribution is 5.87. The Morgan fingerprint density at radius 3 is 2.28 bits per heavy atom. The number of hydrogen-bond acceptors (Lipinski definition) is 9. The second-order valence-corrected chi connectivity index (χ2v) is 6.56. The number of nitro groups is 1. The Labute approximate surface area is 181 Å². The Balaban J connectivity index is 2.06. The molecule has 3 rings (SSSR count). The average molecular weight is 444 g/mol. The average Bonchev–Trinajstić information content (AvgIpc) is 3.21. The summed E-state index contributed by atoms with van der Waals surface area (Å²) < 4.78 is 16.4. The van der Waals surface area contributed by atoms with Crippen LogP contribution in [0.1, 0.15) is 33.4 Å².